The van der Waals surface area contributed by atoms with E-state index in [1.807, 2.05) is 26.8 Å². The van der Waals surface area contributed by atoms with E-state index in [0.717, 1.165) is 5.39 Å². The van der Waals surface area contributed by atoms with Crippen LogP contribution in [-0.4, -0.2) is 40.3 Å². The van der Waals surface area contributed by atoms with E-state index in [-0.39, 0.29) is 12.5 Å². The maximum absolute atomic E-state index is 12.4. The van der Waals surface area contributed by atoms with Crippen molar-refractivity contribution in [3.05, 3.63) is 18.5 Å². The number of benzene rings is 1. The van der Waals surface area contributed by atoms with Crippen LogP contribution in [0.1, 0.15) is 20.8 Å². The Morgan fingerprint density at radius 2 is 1.92 bits per heavy atom. The van der Waals surface area contributed by atoms with Gasteiger partial charge in [-0.25, -0.2) is 9.97 Å². The van der Waals surface area contributed by atoms with Crippen molar-refractivity contribution < 1.29 is 19.0 Å². The summed E-state index contributed by atoms with van der Waals surface area (Å²) in [5, 5.41) is 1.39. The molecule has 0 aliphatic rings. The van der Waals surface area contributed by atoms with Crippen molar-refractivity contribution in [2.45, 2.75) is 32.9 Å². The minimum absolute atomic E-state index is 0.0313. The molecule has 26 heavy (non-hydrogen) atoms. The summed E-state index contributed by atoms with van der Waals surface area (Å²) >= 11 is 0. The van der Waals surface area contributed by atoms with E-state index >= 15 is 0 Å². The van der Waals surface area contributed by atoms with Crippen molar-refractivity contribution in [1.82, 2.24) is 14.5 Å². The van der Waals surface area contributed by atoms with E-state index < -0.39 is 5.60 Å². The van der Waals surface area contributed by atoms with Crippen LogP contribution in [0, 0.1) is 0 Å². The minimum Gasteiger partial charge on any atom is -0.497 e. The van der Waals surface area contributed by atoms with E-state index in [0.29, 0.717) is 33.9 Å². The fourth-order valence-electron chi connectivity index (χ4n) is 2.94. The number of hydrogen-bond donors (Lipinski definition) is 1. The number of nitrogens with two attached hydrogens (primary N) is 1. The van der Waals surface area contributed by atoms with Crippen LogP contribution in [-0.2, 0) is 16.1 Å². The number of carbonyl (C=O) groups is 1. The van der Waals surface area contributed by atoms with E-state index in [1.165, 1.54) is 6.33 Å². The van der Waals surface area contributed by atoms with Crippen molar-refractivity contribution in [3.8, 4) is 11.5 Å². The molecule has 0 spiro atoms. The number of anilines is 1. The van der Waals surface area contributed by atoms with Crippen molar-refractivity contribution >= 4 is 33.7 Å². The molecule has 0 fully saturated rings. The molecular weight excluding hydrogens is 336 g/mol. The first kappa shape index (κ1) is 17.8. The number of aromatic nitrogens is 3. The van der Waals surface area contributed by atoms with Gasteiger partial charge in [0.1, 0.15) is 41.4 Å². The number of nitrogen functional groups attached to an aromatic ring is 1. The highest BCUT2D eigenvalue weighted by Crippen LogP contribution is 2.39. The Kier molecular flexibility index (Phi) is 4.35. The lowest BCUT2D eigenvalue weighted by atomic mass is 10.2. The number of methoxy groups -OCH3 is 2. The third-order valence-corrected chi connectivity index (χ3v) is 3.86. The predicted octanol–water partition coefficient (Wildman–Crippen LogP) is 2.53. The van der Waals surface area contributed by atoms with Crippen LogP contribution < -0.4 is 15.2 Å². The molecule has 0 aliphatic carbocycles. The van der Waals surface area contributed by atoms with Gasteiger partial charge < -0.3 is 24.5 Å². The third-order valence-electron chi connectivity index (χ3n) is 3.86. The Balaban J connectivity index is 2.29. The molecule has 0 bridgehead atoms. The van der Waals surface area contributed by atoms with Crippen LogP contribution in [0.4, 0.5) is 5.82 Å². The molecule has 2 aromatic heterocycles. The van der Waals surface area contributed by atoms with Crippen LogP contribution in [0.2, 0.25) is 0 Å². The number of nitrogens with zero attached hydrogens (tertiary/aromatic N) is 3. The number of carbonyl (C=O) groups excluding carboxylic acids is 1. The number of esters is 1. The Labute approximate surface area is 150 Å². The monoisotopic (exact) mass is 358 g/mol. The summed E-state index contributed by atoms with van der Waals surface area (Å²) in [4.78, 5) is 20.8. The summed E-state index contributed by atoms with van der Waals surface area (Å²) in [6, 6.07) is 3.57. The van der Waals surface area contributed by atoms with Crippen LogP contribution in [0.25, 0.3) is 21.9 Å². The quantitative estimate of drug-likeness (QED) is 0.715. The first-order valence-corrected chi connectivity index (χ1v) is 8.11. The maximum Gasteiger partial charge on any atom is 0.326 e. The van der Waals surface area contributed by atoms with Gasteiger partial charge in [-0.05, 0) is 26.8 Å². The molecule has 0 radical (unpaired) electrons. The molecule has 8 nitrogen and oxygen atoms in total. The topological polar surface area (TPSA) is 101 Å². The third kappa shape index (κ3) is 3.10. The predicted molar refractivity (Wildman–Crippen MR) is 98.4 cm³/mol. The molecule has 3 rings (SSSR count). The van der Waals surface area contributed by atoms with Crippen molar-refractivity contribution in [3.63, 3.8) is 0 Å². The lowest BCUT2D eigenvalue weighted by Crippen LogP contribution is -2.26. The Morgan fingerprint density at radius 1 is 1.19 bits per heavy atom. The zero-order chi connectivity index (χ0) is 19.1. The van der Waals surface area contributed by atoms with E-state index in [4.69, 9.17) is 19.9 Å². The largest absolute Gasteiger partial charge is 0.497 e. The second kappa shape index (κ2) is 6.36. The molecule has 0 atom stereocenters. The standard InChI is InChI=1S/C18H22N4O4/c1-18(2,3)26-13(23)8-22-15-11(6-10(24-4)7-12(15)25-5)14-16(19)20-9-21-17(14)22/h6-7,9H,8H2,1-5H3,(H2,19,20,21). The average molecular weight is 358 g/mol. The molecule has 0 amide bonds. The van der Waals surface area contributed by atoms with Gasteiger partial charge in [0.15, 0.2) is 0 Å². The van der Waals surface area contributed by atoms with Gasteiger partial charge in [0, 0.05) is 11.5 Å². The van der Waals surface area contributed by atoms with Gasteiger partial charge in [-0.2, -0.15) is 0 Å². The van der Waals surface area contributed by atoms with Crippen LogP contribution in [0.5, 0.6) is 11.5 Å². The smallest absolute Gasteiger partial charge is 0.326 e. The first-order valence-electron chi connectivity index (χ1n) is 8.11. The molecule has 0 aliphatic heterocycles. The zero-order valence-electron chi connectivity index (χ0n) is 15.5. The van der Waals surface area contributed by atoms with Crippen LogP contribution in [0.15, 0.2) is 18.5 Å². The number of rotatable bonds is 4. The van der Waals surface area contributed by atoms with Gasteiger partial charge in [0.05, 0.1) is 25.1 Å². The highest BCUT2D eigenvalue weighted by molar-refractivity contribution is 6.13. The molecule has 138 valence electrons. The summed E-state index contributed by atoms with van der Waals surface area (Å²) in [7, 11) is 3.12. The fraction of sp³-hybridized carbons (Fsp3) is 0.389. The molecule has 0 unspecified atom stereocenters. The normalized spacial score (nSPS) is 11.7. The molecule has 8 heteroatoms. The number of fused-ring (bicyclic) bond motifs is 3. The summed E-state index contributed by atoms with van der Waals surface area (Å²) in [6.45, 7) is 5.43. The molecular formula is C18H22N4O4. The van der Waals surface area contributed by atoms with E-state index in [1.54, 1.807) is 24.9 Å². The lowest BCUT2D eigenvalue weighted by Gasteiger charge is -2.20. The summed E-state index contributed by atoms with van der Waals surface area (Å²) < 4.78 is 18.1. The SMILES string of the molecule is COc1cc(OC)c2c(c1)c1c(N)ncnc1n2CC(=O)OC(C)(C)C. The van der Waals surface area contributed by atoms with E-state index in [2.05, 4.69) is 9.97 Å². The van der Waals surface area contributed by atoms with Crippen molar-refractivity contribution in [2.75, 3.05) is 20.0 Å². The van der Waals surface area contributed by atoms with Crippen LogP contribution in [0.3, 0.4) is 0 Å². The highest BCUT2D eigenvalue weighted by Gasteiger charge is 2.23. The molecule has 2 heterocycles. The second-order valence-corrected chi connectivity index (χ2v) is 6.86. The van der Waals surface area contributed by atoms with Crippen molar-refractivity contribution in [2.24, 2.45) is 0 Å². The van der Waals surface area contributed by atoms with Crippen molar-refractivity contribution in [1.29, 1.82) is 0 Å². The second-order valence-electron chi connectivity index (χ2n) is 6.86. The highest BCUT2D eigenvalue weighted by atomic mass is 16.6. The van der Waals surface area contributed by atoms with Crippen LogP contribution >= 0.6 is 0 Å². The first-order chi connectivity index (χ1) is 12.2. The Bertz CT molecular complexity index is 988. The number of ether oxygens (including phenoxy) is 3. The van der Waals surface area contributed by atoms with Gasteiger partial charge in [0.2, 0.25) is 0 Å². The Hall–Kier alpha value is -3.03. The summed E-state index contributed by atoms with van der Waals surface area (Å²) in [6.07, 6.45) is 1.37. The lowest BCUT2D eigenvalue weighted by molar-refractivity contribution is -0.155. The fourth-order valence-corrected chi connectivity index (χ4v) is 2.94. The summed E-state index contributed by atoms with van der Waals surface area (Å²) in [5.74, 6) is 1.08. The average Bonchev–Trinajstić information content (AvgIpc) is 2.87. The number of hydrogen-bond acceptors (Lipinski definition) is 7. The summed E-state index contributed by atoms with van der Waals surface area (Å²) in [5.41, 5.74) is 6.72. The van der Waals surface area contributed by atoms with Gasteiger partial charge in [-0.1, -0.05) is 0 Å². The van der Waals surface area contributed by atoms with Gasteiger partial charge >= 0.3 is 5.97 Å². The van der Waals surface area contributed by atoms with E-state index in [9.17, 15) is 4.79 Å². The molecule has 0 saturated heterocycles. The van der Waals surface area contributed by atoms with Gasteiger partial charge in [-0.15, -0.1) is 0 Å². The molecule has 3 aromatic rings. The molecule has 0 saturated carbocycles. The molecule has 2 N–H and O–H groups in total. The maximum atomic E-state index is 12.4. The Morgan fingerprint density at radius 3 is 2.54 bits per heavy atom. The molecule has 1 aromatic carbocycles. The zero-order valence-corrected chi connectivity index (χ0v) is 15.5. The van der Waals surface area contributed by atoms with Gasteiger partial charge in [0.25, 0.3) is 0 Å². The van der Waals surface area contributed by atoms with Gasteiger partial charge in [-0.3, -0.25) is 4.79 Å². The minimum atomic E-state index is -0.586.